The molecule has 4 rings (SSSR count). The van der Waals surface area contributed by atoms with Gasteiger partial charge in [-0.1, -0.05) is 119 Å². The highest BCUT2D eigenvalue weighted by atomic mass is 16.4. The minimum Gasteiger partial charge on any atom is -0.481 e. The Morgan fingerprint density at radius 2 is 0.846 bits per heavy atom. The zero-order chi connectivity index (χ0) is 67.3. The zero-order valence-corrected chi connectivity index (χ0v) is 52.1. The number of carboxylic acids is 3. The van der Waals surface area contributed by atoms with E-state index < -0.39 is 157 Å². The Hall–Kier alpha value is -9.47. The molecule has 9 amide bonds. The van der Waals surface area contributed by atoms with Crippen molar-refractivity contribution in [2.24, 2.45) is 34.0 Å². The summed E-state index contributed by atoms with van der Waals surface area (Å²) in [6.07, 6.45) is -2.11. The van der Waals surface area contributed by atoms with Crippen molar-refractivity contribution in [1.82, 2.24) is 47.4 Å². The van der Waals surface area contributed by atoms with Gasteiger partial charge in [0.2, 0.25) is 53.2 Å². The molecule has 10 atom stereocenters. The average molecular weight is 1270 g/mol. The summed E-state index contributed by atoms with van der Waals surface area (Å²) in [5.74, 6) is -12.4. The minimum absolute atomic E-state index is 0.000976. The number of guanidine groups is 1. The van der Waals surface area contributed by atoms with Crippen molar-refractivity contribution in [3.8, 4) is 0 Å². The molecule has 1 fully saturated rings. The van der Waals surface area contributed by atoms with Gasteiger partial charge in [0.1, 0.15) is 54.4 Å². The molecule has 17 N–H and O–H groups in total. The standard InChI is InChI=1S/C63H89N13O15/c1-36(2)31-45(73-60(88)50-24-16-30-76(50)61(89)48(74-53(81)38(5)64)35-41-21-13-8-14-22-41)57(85)70-43(25-27-51(77)78)55(83)71-47(34-40-19-11-7-12-20-40)59(87)72-46(33-39-17-9-6-10-18-39)58(86)68-42(23-15-29-67-63(65)66)54(82)69-44(26-28-52(79)80)56(84)75-49(62(90)91)32-37(3)4/h6-14,17-22,36-38,42-50H,15-16,23-35,64H2,1-5H3,(H,68,86)(H,69,82)(H,70,85)(H,71,83)(H,72,87)(H,73,88)(H,74,81)(H,75,84)(H,77,78)(H,79,80)(H,90,91)(H4,65,66,67)/t38-,42-,43-,44-,45-,46-,47-,48-,49-,50-/m0/s1. The third kappa shape index (κ3) is 26.3. The van der Waals surface area contributed by atoms with E-state index >= 15 is 0 Å². The first kappa shape index (κ1) is 74.0. The van der Waals surface area contributed by atoms with Crippen LogP contribution in [0.25, 0.3) is 0 Å². The summed E-state index contributed by atoms with van der Waals surface area (Å²) in [6, 6.07) is 11.9. The number of carbonyl (C=O) groups excluding carboxylic acids is 9. The molecular formula is C63H89N13O15. The van der Waals surface area contributed by atoms with E-state index in [1.165, 1.54) is 11.8 Å². The van der Waals surface area contributed by atoms with Crippen LogP contribution in [0.4, 0.5) is 0 Å². The molecule has 496 valence electrons. The van der Waals surface area contributed by atoms with Crippen molar-refractivity contribution in [2.75, 3.05) is 13.1 Å². The molecule has 91 heavy (non-hydrogen) atoms. The van der Waals surface area contributed by atoms with E-state index in [1.807, 2.05) is 0 Å². The molecule has 0 saturated carbocycles. The molecule has 3 aromatic rings. The van der Waals surface area contributed by atoms with Crippen LogP contribution in [0, 0.1) is 11.8 Å². The maximum Gasteiger partial charge on any atom is 0.326 e. The lowest BCUT2D eigenvalue weighted by molar-refractivity contribution is -0.143. The van der Waals surface area contributed by atoms with Gasteiger partial charge in [-0.15, -0.1) is 0 Å². The van der Waals surface area contributed by atoms with Gasteiger partial charge in [-0.05, 0) is 86.8 Å². The molecule has 0 bridgehead atoms. The highest BCUT2D eigenvalue weighted by molar-refractivity contribution is 5.99. The summed E-state index contributed by atoms with van der Waals surface area (Å²) >= 11 is 0. The Morgan fingerprint density at radius 1 is 0.484 bits per heavy atom. The van der Waals surface area contributed by atoms with Crippen LogP contribution < -0.4 is 59.7 Å². The summed E-state index contributed by atoms with van der Waals surface area (Å²) in [7, 11) is 0. The monoisotopic (exact) mass is 1270 g/mol. The second-order valence-electron chi connectivity index (χ2n) is 23.4. The van der Waals surface area contributed by atoms with Crippen LogP contribution in [0.2, 0.25) is 0 Å². The minimum atomic E-state index is -1.65. The summed E-state index contributed by atoms with van der Waals surface area (Å²) in [6.45, 7) is 8.59. The smallest absolute Gasteiger partial charge is 0.326 e. The van der Waals surface area contributed by atoms with Gasteiger partial charge in [0.05, 0.1) is 6.04 Å². The summed E-state index contributed by atoms with van der Waals surface area (Å²) in [4.78, 5) is 169. The molecule has 0 aromatic heterocycles. The molecular weight excluding hydrogens is 1180 g/mol. The van der Waals surface area contributed by atoms with Crippen molar-refractivity contribution in [3.63, 3.8) is 0 Å². The number of likely N-dealkylation sites (tertiary alicyclic amines) is 1. The van der Waals surface area contributed by atoms with E-state index in [0.29, 0.717) is 17.5 Å². The van der Waals surface area contributed by atoms with E-state index in [1.54, 1.807) is 119 Å². The number of benzene rings is 3. The first-order chi connectivity index (χ1) is 43.1. The number of carboxylic acid groups (broad SMARTS) is 3. The molecule has 28 nitrogen and oxygen atoms in total. The molecule has 28 heteroatoms. The van der Waals surface area contributed by atoms with Crippen LogP contribution in [0.3, 0.4) is 0 Å². The van der Waals surface area contributed by atoms with Crippen LogP contribution in [0.1, 0.15) is 116 Å². The molecule has 1 aliphatic rings. The zero-order valence-electron chi connectivity index (χ0n) is 52.1. The maximum absolute atomic E-state index is 14.9. The number of nitrogens with one attached hydrogen (secondary N) is 8. The molecule has 0 aliphatic carbocycles. The van der Waals surface area contributed by atoms with E-state index in [-0.39, 0.29) is 82.3 Å². The molecule has 0 unspecified atom stereocenters. The number of nitrogens with zero attached hydrogens (tertiary/aromatic N) is 2. The first-order valence-electron chi connectivity index (χ1n) is 30.4. The van der Waals surface area contributed by atoms with Crippen LogP contribution in [0.15, 0.2) is 96.0 Å². The Bertz CT molecular complexity index is 2980. The number of nitrogens with two attached hydrogens (primary N) is 3. The highest BCUT2D eigenvalue weighted by Crippen LogP contribution is 2.22. The van der Waals surface area contributed by atoms with E-state index in [0.717, 1.165) is 5.56 Å². The van der Waals surface area contributed by atoms with Gasteiger partial charge in [-0.2, -0.15) is 0 Å². The normalized spacial score (nSPS) is 15.7. The number of aliphatic imine (C=N–C) groups is 1. The Morgan fingerprint density at radius 3 is 1.24 bits per heavy atom. The number of rotatable bonds is 38. The van der Waals surface area contributed by atoms with E-state index in [2.05, 4.69) is 47.5 Å². The van der Waals surface area contributed by atoms with Gasteiger partial charge < -0.3 is 80.0 Å². The predicted octanol–water partition coefficient (Wildman–Crippen LogP) is -0.109. The summed E-state index contributed by atoms with van der Waals surface area (Å²) < 4.78 is 0. The van der Waals surface area contributed by atoms with Gasteiger partial charge in [0.15, 0.2) is 5.96 Å². The van der Waals surface area contributed by atoms with Gasteiger partial charge in [0.25, 0.3) is 0 Å². The lowest BCUT2D eigenvalue weighted by Crippen LogP contribution is -2.61. The van der Waals surface area contributed by atoms with Crippen molar-refractivity contribution in [2.45, 2.75) is 179 Å². The molecule has 0 spiro atoms. The second-order valence-corrected chi connectivity index (χ2v) is 23.4. The maximum atomic E-state index is 14.9. The largest absolute Gasteiger partial charge is 0.481 e. The van der Waals surface area contributed by atoms with Crippen molar-refractivity contribution < 1.29 is 72.9 Å². The molecule has 1 aliphatic heterocycles. The fourth-order valence-electron chi connectivity index (χ4n) is 10.1. The van der Waals surface area contributed by atoms with Crippen molar-refractivity contribution in [3.05, 3.63) is 108 Å². The number of hydrogen-bond acceptors (Lipinski definition) is 14. The van der Waals surface area contributed by atoms with Crippen LogP contribution in [0.5, 0.6) is 0 Å². The third-order valence-corrected chi connectivity index (χ3v) is 14.8. The van der Waals surface area contributed by atoms with Gasteiger partial charge in [-0.25, -0.2) is 4.79 Å². The Kier molecular flexibility index (Phi) is 30.5. The lowest BCUT2D eigenvalue weighted by Gasteiger charge is -2.31. The topological polar surface area (TPSA) is 455 Å². The van der Waals surface area contributed by atoms with Gasteiger partial charge in [-0.3, -0.25) is 57.7 Å². The van der Waals surface area contributed by atoms with E-state index in [9.17, 15) is 72.9 Å². The molecule has 1 saturated heterocycles. The fraction of sp³-hybridized carbons (Fsp3) is 0.508. The van der Waals surface area contributed by atoms with Crippen LogP contribution in [-0.2, 0) is 76.8 Å². The number of aliphatic carboxylic acids is 3. The average Bonchev–Trinajstić information content (AvgIpc) is 1.90. The molecule has 1 heterocycles. The molecule has 0 radical (unpaired) electrons. The fourth-order valence-corrected chi connectivity index (χ4v) is 10.1. The van der Waals surface area contributed by atoms with Gasteiger partial charge >= 0.3 is 17.9 Å². The predicted molar refractivity (Wildman–Crippen MR) is 334 cm³/mol. The lowest BCUT2D eigenvalue weighted by atomic mass is 10.00. The van der Waals surface area contributed by atoms with Crippen LogP contribution >= 0.6 is 0 Å². The highest BCUT2D eigenvalue weighted by Gasteiger charge is 2.41. The van der Waals surface area contributed by atoms with E-state index in [4.69, 9.17) is 17.2 Å². The Balaban J connectivity index is 1.66. The number of amides is 9. The quantitative estimate of drug-likeness (QED) is 0.0202. The molecule has 3 aromatic carbocycles. The Labute approximate surface area is 528 Å². The van der Waals surface area contributed by atoms with Crippen molar-refractivity contribution >= 4 is 77.0 Å². The second kappa shape index (κ2) is 37.5. The van der Waals surface area contributed by atoms with Crippen LogP contribution in [-0.4, -0.2) is 171 Å². The summed E-state index contributed by atoms with van der Waals surface area (Å²) in [5.41, 5.74) is 18.7. The van der Waals surface area contributed by atoms with Crippen molar-refractivity contribution in [1.29, 1.82) is 0 Å². The SMILES string of the molecule is CC(C)C[C@H](NC(=O)[C@H](CCC(=O)O)NC(=O)[C@H](CCCN=C(N)N)NC(=O)[C@H](Cc1ccccc1)NC(=O)[C@H](Cc1ccccc1)NC(=O)[C@H](CCC(=O)O)NC(=O)[C@H](CC(C)C)NC(=O)[C@@H]1CCCN1C(=O)[C@H](Cc1ccccc1)NC(=O)[C@H](C)N)C(=O)O. The number of carbonyl (C=O) groups is 12. The number of hydrogen-bond donors (Lipinski definition) is 14. The first-order valence-corrected chi connectivity index (χ1v) is 30.4. The summed E-state index contributed by atoms with van der Waals surface area (Å²) in [5, 5.41) is 50.1. The third-order valence-electron chi connectivity index (χ3n) is 14.8. The van der Waals surface area contributed by atoms with Gasteiger partial charge in [0, 0.05) is 45.2 Å².